The molecule has 0 amide bonds. The number of hydrogen-bond donors (Lipinski definition) is 1. The van der Waals surface area contributed by atoms with Gasteiger partial charge in [-0.05, 0) is 35.9 Å². The van der Waals surface area contributed by atoms with E-state index in [4.69, 9.17) is 22.6 Å². The van der Waals surface area contributed by atoms with Crippen LogP contribution in [0.15, 0.2) is 42.5 Å². The summed E-state index contributed by atoms with van der Waals surface area (Å²) in [5, 5.41) is 9.40. The number of hydrogen-bond acceptors (Lipinski definition) is 3. The Morgan fingerprint density at radius 1 is 1.21 bits per heavy atom. The van der Waals surface area contributed by atoms with E-state index in [2.05, 4.69) is 6.07 Å². The second-order valence-corrected chi connectivity index (χ2v) is 4.78. The van der Waals surface area contributed by atoms with E-state index in [0.717, 1.165) is 23.5 Å². The lowest BCUT2D eigenvalue weighted by atomic mass is 10.1. The molecule has 4 heteroatoms. The summed E-state index contributed by atoms with van der Waals surface area (Å²) in [5.41, 5.74) is 9.03. The molecule has 0 unspecified atom stereocenters. The van der Waals surface area contributed by atoms with E-state index in [0.29, 0.717) is 10.6 Å². The van der Waals surface area contributed by atoms with E-state index >= 15 is 0 Å². The van der Waals surface area contributed by atoms with Gasteiger partial charge in [-0.1, -0.05) is 23.7 Å². The molecule has 0 spiro atoms. The normalized spacial score (nSPS) is 9.95. The number of nitrogen functional groups attached to an aromatic ring is 1. The number of anilines is 2. The fourth-order valence-electron chi connectivity index (χ4n) is 1.87. The topological polar surface area (TPSA) is 53.0 Å². The molecule has 0 radical (unpaired) electrons. The summed E-state index contributed by atoms with van der Waals surface area (Å²) in [5.74, 6) is 0. The monoisotopic (exact) mass is 271 g/mol. The minimum absolute atomic E-state index is 0.564. The van der Waals surface area contributed by atoms with Crippen molar-refractivity contribution in [2.75, 3.05) is 17.7 Å². The number of rotatable bonds is 3. The first-order valence-corrected chi connectivity index (χ1v) is 6.23. The Balaban J connectivity index is 2.18. The van der Waals surface area contributed by atoms with E-state index in [-0.39, 0.29) is 0 Å². The second kappa shape index (κ2) is 5.64. The Labute approximate surface area is 117 Å². The molecule has 0 aromatic heterocycles. The summed E-state index contributed by atoms with van der Waals surface area (Å²) in [6.07, 6.45) is 0. The van der Waals surface area contributed by atoms with Crippen LogP contribution >= 0.6 is 11.6 Å². The van der Waals surface area contributed by atoms with E-state index < -0.39 is 0 Å². The fourth-order valence-corrected chi connectivity index (χ4v) is 2.19. The third kappa shape index (κ3) is 3.18. The highest BCUT2D eigenvalue weighted by Crippen LogP contribution is 2.27. The van der Waals surface area contributed by atoms with Gasteiger partial charge >= 0.3 is 0 Å². The number of nitriles is 1. The van der Waals surface area contributed by atoms with Crippen LogP contribution in [0.5, 0.6) is 0 Å². The van der Waals surface area contributed by atoms with Crippen molar-refractivity contribution >= 4 is 23.0 Å². The van der Waals surface area contributed by atoms with Gasteiger partial charge in [-0.15, -0.1) is 0 Å². The summed E-state index contributed by atoms with van der Waals surface area (Å²) in [6.45, 7) is 0.728. The minimum atomic E-state index is 0.564. The zero-order valence-corrected chi connectivity index (χ0v) is 11.4. The van der Waals surface area contributed by atoms with Crippen LogP contribution in [0.2, 0.25) is 5.02 Å². The third-order valence-corrected chi connectivity index (χ3v) is 3.19. The predicted octanol–water partition coefficient (Wildman–Crippen LogP) is 3.43. The molecule has 0 fully saturated rings. The number of nitrogens with two attached hydrogens (primary N) is 1. The largest absolute Gasteiger partial charge is 0.399 e. The van der Waals surface area contributed by atoms with Crippen LogP contribution in [0.25, 0.3) is 0 Å². The van der Waals surface area contributed by atoms with Crippen molar-refractivity contribution < 1.29 is 0 Å². The summed E-state index contributed by atoms with van der Waals surface area (Å²) < 4.78 is 0. The molecule has 0 bridgehead atoms. The Bertz CT molecular complexity index is 614. The van der Waals surface area contributed by atoms with Crippen LogP contribution in [-0.2, 0) is 6.54 Å². The van der Waals surface area contributed by atoms with Gasteiger partial charge in [0.25, 0.3) is 0 Å². The third-order valence-electron chi connectivity index (χ3n) is 2.89. The molecule has 0 atom stereocenters. The molecular weight excluding hydrogens is 258 g/mol. The maximum atomic E-state index is 8.82. The van der Waals surface area contributed by atoms with Gasteiger partial charge in [0.2, 0.25) is 0 Å². The molecule has 0 saturated heterocycles. The summed E-state index contributed by atoms with van der Waals surface area (Å²) in [6, 6.07) is 15.1. The molecule has 0 aliphatic heterocycles. The number of nitrogens with zero attached hydrogens (tertiary/aromatic N) is 2. The first-order valence-electron chi connectivity index (χ1n) is 5.85. The van der Waals surface area contributed by atoms with Gasteiger partial charge in [-0.25, -0.2) is 0 Å². The van der Waals surface area contributed by atoms with Crippen LogP contribution in [0.3, 0.4) is 0 Å². The maximum Gasteiger partial charge on any atom is 0.0992 e. The van der Waals surface area contributed by atoms with Crippen LogP contribution < -0.4 is 10.6 Å². The van der Waals surface area contributed by atoms with E-state index in [1.165, 1.54) is 0 Å². The van der Waals surface area contributed by atoms with Gasteiger partial charge in [0.1, 0.15) is 0 Å². The SMILES string of the molecule is CN(Cc1ccc(N)cc1)c1ccc(C#N)cc1Cl. The zero-order chi connectivity index (χ0) is 13.8. The Morgan fingerprint density at radius 2 is 1.89 bits per heavy atom. The molecule has 96 valence electrons. The number of benzene rings is 2. The van der Waals surface area contributed by atoms with Gasteiger partial charge in [-0.3, -0.25) is 0 Å². The van der Waals surface area contributed by atoms with Crippen molar-refractivity contribution in [3.05, 3.63) is 58.6 Å². The van der Waals surface area contributed by atoms with Crippen molar-refractivity contribution in [2.45, 2.75) is 6.54 Å². The van der Waals surface area contributed by atoms with Gasteiger partial charge in [0.05, 0.1) is 22.3 Å². The fraction of sp³-hybridized carbons (Fsp3) is 0.133. The lowest BCUT2D eigenvalue weighted by Crippen LogP contribution is -2.16. The molecule has 2 N–H and O–H groups in total. The molecule has 0 aliphatic carbocycles. The zero-order valence-electron chi connectivity index (χ0n) is 10.6. The molecule has 2 aromatic rings. The number of halogens is 1. The van der Waals surface area contributed by atoms with E-state index in [9.17, 15) is 0 Å². The molecule has 3 nitrogen and oxygen atoms in total. The van der Waals surface area contributed by atoms with Crippen molar-refractivity contribution in [3.63, 3.8) is 0 Å². The summed E-state index contributed by atoms with van der Waals surface area (Å²) in [4.78, 5) is 2.04. The van der Waals surface area contributed by atoms with Crippen molar-refractivity contribution in [2.24, 2.45) is 0 Å². The molecule has 0 aliphatic rings. The average molecular weight is 272 g/mol. The van der Waals surface area contributed by atoms with Crippen LogP contribution in [0.4, 0.5) is 11.4 Å². The highest BCUT2D eigenvalue weighted by molar-refractivity contribution is 6.33. The minimum Gasteiger partial charge on any atom is -0.399 e. The Morgan fingerprint density at radius 3 is 2.47 bits per heavy atom. The molecule has 2 aromatic carbocycles. The summed E-state index contributed by atoms with van der Waals surface area (Å²) >= 11 is 6.18. The Kier molecular flexibility index (Phi) is 3.94. The quantitative estimate of drug-likeness (QED) is 0.870. The van der Waals surface area contributed by atoms with E-state index in [1.807, 2.05) is 42.3 Å². The maximum absolute atomic E-state index is 8.82. The van der Waals surface area contributed by atoms with Crippen molar-refractivity contribution in [3.8, 4) is 6.07 Å². The summed E-state index contributed by atoms with van der Waals surface area (Å²) in [7, 11) is 1.96. The standard InChI is InChI=1S/C15H14ClN3/c1-19(10-11-2-5-13(18)6-3-11)15-7-4-12(9-17)8-14(15)16/h2-8H,10,18H2,1H3. The Hall–Kier alpha value is -2.18. The first-order chi connectivity index (χ1) is 9.10. The lowest BCUT2D eigenvalue weighted by Gasteiger charge is -2.20. The first kappa shape index (κ1) is 13.3. The van der Waals surface area contributed by atoms with Gasteiger partial charge < -0.3 is 10.6 Å². The predicted molar refractivity (Wildman–Crippen MR) is 79.1 cm³/mol. The highest BCUT2D eigenvalue weighted by Gasteiger charge is 2.07. The van der Waals surface area contributed by atoms with Crippen LogP contribution in [-0.4, -0.2) is 7.05 Å². The molecule has 2 rings (SSSR count). The highest BCUT2D eigenvalue weighted by atomic mass is 35.5. The van der Waals surface area contributed by atoms with Crippen molar-refractivity contribution in [1.82, 2.24) is 0 Å². The van der Waals surface area contributed by atoms with Crippen LogP contribution in [0, 0.1) is 11.3 Å². The van der Waals surface area contributed by atoms with Gasteiger partial charge in [-0.2, -0.15) is 5.26 Å². The second-order valence-electron chi connectivity index (χ2n) is 4.38. The van der Waals surface area contributed by atoms with Crippen molar-refractivity contribution in [1.29, 1.82) is 5.26 Å². The van der Waals surface area contributed by atoms with Crippen LogP contribution in [0.1, 0.15) is 11.1 Å². The average Bonchev–Trinajstić information content (AvgIpc) is 2.41. The molecule has 19 heavy (non-hydrogen) atoms. The molecule has 0 saturated carbocycles. The van der Waals surface area contributed by atoms with Gasteiger partial charge in [0.15, 0.2) is 0 Å². The molecular formula is C15H14ClN3. The van der Waals surface area contributed by atoms with E-state index in [1.54, 1.807) is 12.1 Å². The molecule has 0 heterocycles. The van der Waals surface area contributed by atoms with Gasteiger partial charge in [0, 0.05) is 19.3 Å². The smallest absolute Gasteiger partial charge is 0.0992 e. The lowest BCUT2D eigenvalue weighted by molar-refractivity contribution is 0.923.